The fourth-order valence-corrected chi connectivity index (χ4v) is 2.47. The molecular formula is C14H6Cl2F3N3O2. The molecule has 1 N–H and O–H groups in total. The van der Waals surface area contributed by atoms with E-state index < -0.39 is 34.2 Å². The summed E-state index contributed by atoms with van der Waals surface area (Å²) in [4.78, 5) is 15.1. The third-order valence-electron chi connectivity index (χ3n) is 3.17. The molecule has 0 saturated heterocycles. The van der Waals surface area contributed by atoms with Crippen LogP contribution in [0.1, 0.15) is 16.2 Å². The molecule has 0 radical (unpaired) electrons. The zero-order chi connectivity index (χ0) is 17.6. The van der Waals surface area contributed by atoms with Gasteiger partial charge in [-0.2, -0.15) is 18.3 Å². The molecule has 0 fully saturated rings. The highest BCUT2D eigenvalue weighted by Crippen LogP contribution is 2.34. The van der Waals surface area contributed by atoms with Crippen molar-refractivity contribution >= 4 is 34.8 Å². The second-order valence-corrected chi connectivity index (χ2v) is 5.55. The van der Waals surface area contributed by atoms with Crippen LogP contribution < -0.4 is 0 Å². The van der Waals surface area contributed by atoms with E-state index in [1.807, 2.05) is 0 Å². The van der Waals surface area contributed by atoms with Crippen LogP contribution in [0.15, 0.2) is 30.3 Å². The van der Waals surface area contributed by atoms with Crippen molar-refractivity contribution < 1.29 is 23.1 Å². The minimum Gasteiger partial charge on any atom is -0.476 e. The van der Waals surface area contributed by atoms with Gasteiger partial charge in [-0.15, -0.1) is 0 Å². The summed E-state index contributed by atoms with van der Waals surface area (Å²) in [6.07, 6.45) is -4.78. The maximum Gasteiger partial charge on any atom is 0.433 e. The van der Waals surface area contributed by atoms with Crippen molar-refractivity contribution in [3.05, 3.63) is 51.8 Å². The van der Waals surface area contributed by atoms with Crippen molar-refractivity contribution in [3.63, 3.8) is 0 Å². The van der Waals surface area contributed by atoms with E-state index in [4.69, 9.17) is 28.3 Å². The van der Waals surface area contributed by atoms with E-state index in [0.29, 0.717) is 15.1 Å². The lowest BCUT2D eigenvalue weighted by molar-refractivity contribution is -0.142. The van der Waals surface area contributed by atoms with Gasteiger partial charge in [-0.3, -0.25) is 0 Å². The summed E-state index contributed by atoms with van der Waals surface area (Å²) in [6, 6.07) is 6.74. The molecule has 0 spiro atoms. The van der Waals surface area contributed by atoms with E-state index in [1.165, 1.54) is 24.3 Å². The number of fused-ring (bicyclic) bond motifs is 1. The fourth-order valence-electron chi connectivity index (χ4n) is 2.10. The molecule has 10 heteroatoms. The van der Waals surface area contributed by atoms with E-state index in [1.54, 1.807) is 0 Å². The molecule has 3 aromatic rings. The van der Waals surface area contributed by atoms with E-state index in [9.17, 15) is 18.0 Å². The molecule has 0 saturated carbocycles. The van der Waals surface area contributed by atoms with E-state index in [0.717, 1.165) is 6.07 Å². The highest BCUT2D eigenvalue weighted by molar-refractivity contribution is 6.36. The van der Waals surface area contributed by atoms with E-state index in [-0.39, 0.29) is 5.69 Å². The number of benzene rings is 1. The Morgan fingerprint density at radius 2 is 1.79 bits per heavy atom. The molecule has 0 aliphatic rings. The average molecular weight is 376 g/mol. The number of hydrogen-bond donors (Lipinski definition) is 1. The van der Waals surface area contributed by atoms with Crippen molar-refractivity contribution in [2.75, 3.05) is 0 Å². The first-order chi connectivity index (χ1) is 11.2. The summed E-state index contributed by atoms with van der Waals surface area (Å²) in [5, 5.41) is 12.3. The van der Waals surface area contributed by atoms with Crippen LogP contribution >= 0.6 is 23.2 Å². The lowest BCUT2D eigenvalue weighted by atomic mass is 10.1. The Morgan fingerprint density at radius 1 is 1.17 bits per heavy atom. The van der Waals surface area contributed by atoms with Crippen LogP contribution in [0.25, 0.3) is 16.9 Å². The third-order valence-corrected chi connectivity index (χ3v) is 3.77. The summed E-state index contributed by atoms with van der Waals surface area (Å²) in [6.45, 7) is 0. The normalized spacial score (nSPS) is 11.9. The predicted molar refractivity (Wildman–Crippen MR) is 80.4 cm³/mol. The van der Waals surface area contributed by atoms with Gasteiger partial charge in [0.15, 0.2) is 17.0 Å². The highest BCUT2D eigenvalue weighted by Gasteiger charge is 2.36. The molecule has 0 unspecified atom stereocenters. The fraction of sp³-hybridized carbons (Fsp3) is 0.0714. The lowest BCUT2D eigenvalue weighted by Crippen LogP contribution is -2.14. The SMILES string of the molecule is O=C(O)c1nn2c(C(F)(F)F)cc(-c3ccc(Cl)cc3)nc2c1Cl. The van der Waals surface area contributed by atoms with Gasteiger partial charge in [-0.25, -0.2) is 14.3 Å². The van der Waals surface area contributed by atoms with Crippen molar-refractivity contribution in [1.82, 2.24) is 14.6 Å². The molecule has 0 aliphatic carbocycles. The van der Waals surface area contributed by atoms with E-state index in [2.05, 4.69) is 10.1 Å². The van der Waals surface area contributed by atoms with Gasteiger partial charge in [0.1, 0.15) is 5.02 Å². The van der Waals surface area contributed by atoms with Crippen LogP contribution in [-0.4, -0.2) is 25.7 Å². The number of aromatic nitrogens is 3. The molecule has 0 bridgehead atoms. The quantitative estimate of drug-likeness (QED) is 0.719. The molecule has 3 rings (SSSR count). The highest BCUT2D eigenvalue weighted by atomic mass is 35.5. The predicted octanol–water partition coefficient (Wildman–Crippen LogP) is 4.42. The van der Waals surface area contributed by atoms with Crippen molar-refractivity contribution in [2.45, 2.75) is 6.18 Å². The summed E-state index contributed by atoms with van der Waals surface area (Å²) in [5.41, 5.74) is -1.96. The van der Waals surface area contributed by atoms with Gasteiger partial charge < -0.3 is 5.11 Å². The first-order valence-electron chi connectivity index (χ1n) is 6.34. The number of hydrogen-bond acceptors (Lipinski definition) is 3. The minimum atomic E-state index is -4.78. The molecule has 0 amide bonds. The second-order valence-electron chi connectivity index (χ2n) is 4.73. The van der Waals surface area contributed by atoms with E-state index >= 15 is 0 Å². The number of alkyl halides is 3. The second kappa shape index (κ2) is 5.64. The zero-order valence-electron chi connectivity index (χ0n) is 11.5. The van der Waals surface area contributed by atoms with Crippen molar-refractivity contribution in [1.29, 1.82) is 0 Å². The smallest absolute Gasteiger partial charge is 0.433 e. The first-order valence-corrected chi connectivity index (χ1v) is 7.10. The Kier molecular flexibility index (Phi) is 3.89. The molecule has 124 valence electrons. The molecule has 0 atom stereocenters. The number of carboxylic acid groups (broad SMARTS) is 1. The Hall–Kier alpha value is -2.32. The molecule has 24 heavy (non-hydrogen) atoms. The van der Waals surface area contributed by atoms with Crippen LogP contribution in [-0.2, 0) is 6.18 Å². The lowest BCUT2D eigenvalue weighted by Gasteiger charge is -2.11. The average Bonchev–Trinajstić information content (AvgIpc) is 2.83. The Bertz CT molecular complexity index is 953. The first kappa shape index (κ1) is 16.5. The standard InChI is InChI=1S/C14H6Cl2F3N3O2/c15-7-3-1-6(2-4-7)8-5-9(14(17,18)19)22-12(20-8)10(16)11(21-22)13(23)24/h1-5H,(H,23,24). The van der Waals surface area contributed by atoms with Crippen LogP contribution in [0.4, 0.5) is 13.2 Å². The zero-order valence-corrected chi connectivity index (χ0v) is 13.0. The van der Waals surface area contributed by atoms with Crippen molar-refractivity contribution in [2.24, 2.45) is 0 Å². The van der Waals surface area contributed by atoms with Gasteiger partial charge in [0.25, 0.3) is 0 Å². The summed E-state index contributed by atoms with van der Waals surface area (Å²) in [5.74, 6) is -1.55. The van der Waals surface area contributed by atoms with Gasteiger partial charge in [-0.1, -0.05) is 35.3 Å². The largest absolute Gasteiger partial charge is 0.476 e. The van der Waals surface area contributed by atoms with Crippen LogP contribution in [0.3, 0.4) is 0 Å². The van der Waals surface area contributed by atoms with Gasteiger partial charge in [0.05, 0.1) is 5.69 Å². The summed E-state index contributed by atoms with van der Waals surface area (Å²) < 4.78 is 40.3. The van der Waals surface area contributed by atoms with Crippen LogP contribution in [0.5, 0.6) is 0 Å². The Balaban J connectivity index is 2.35. The molecular weight excluding hydrogens is 370 g/mol. The topological polar surface area (TPSA) is 67.5 Å². The summed E-state index contributed by atoms with van der Waals surface area (Å²) in [7, 11) is 0. The molecule has 2 heterocycles. The molecule has 0 aliphatic heterocycles. The Labute approximate surface area is 142 Å². The summed E-state index contributed by atoms with van der Waals surface area (Å²) >= 11 is 11.6. The van der Waals surface area contributed by atoms with Gasteiger partial charge in [0, 0.05) is 10.6 Å². The van der Waals surface area contributed by atoms with Gasteiger partial charge >= 0.3 is 12.1 Å². The monoisotopic (exact) mass is 375 g/mol. The maximum absolute atomic E-state index is 13.3. The maximum atomic E-state index is 13.3. The molecule has 1 aromatic carbocycles. The number of carboxylic acids is 1. The minimum absolute atomic E-state index is 0.0368. The number of rotatable bonds is 2. The van der Waals surface area contributed by atoms with Gasteiger partial charge in [-0.05, 0) is 18.2 Å². The Morgan fingerprint density at radius 3 is 2.33 bits per heavy atom. The van der Waals surface area contributed by atoms with Crippen LogP contribution in [0.2, 0.25) is 10.0 Å². The molecule has 2 aromatic heterocycles. The van der Waals surface area contributed by atoms with Crippen LogP contribution in [0, 0.1) is 0 Å². The van der Waals surface area contributed by atoms with Crippen molar-refractivity contribution in [3.8, 4) is 11.3 Å². The number of aromatic carboxylic acids is 1. The molecule has 5 nitrogen and oxygen atoms in total. The number of halogens is 5. The number of carbonyl (C=O) groups is 1. The third kappa shape index (κ3) is 2.78. The van der Waals surface area contributed by atoms with Gasteiger partial charge in [0.2, 0.25) is 0 Å². The number of nitrogens with zero attached hydrogens (tertiary/aromatic N) is 3.